The molecule has 24 heavy (non-hydrogen) atoms. The second-order valence-electron chi connectivity index (χ2n) is 7.25. The number of nitrogens with zero attached hydrogens (tertiary/aromatic N) is 3. The minimum atomic E-state index is -0.202. The molecule has 1 aromatic heterocycles. The first kappa shape index (κ1) is 17.0. The van der Waals surface area contributed by atoms with Gasteiger partial charge in [0.25, 0.3) is 0 Å². The molecular formula is C18H27N3O3. The topological polar surface area (TPSA) is 66.7 Å². The summed E-state index contributed by atoms with van der Waals surface area (Å²) in [6, 6.07) is 0. The van der Waals surface area contributed by atoms with Crippen LogP contribution in [-0.4, -0.2) is 46.2 Å². The normalized spacial score (nSPS) is 20.8. The van der Waals surface area contributed by atoms with E-state index in [1.807, 2.05) is 11.8 Å². The fraction of sp³-hybridized carbons (Fsp3) is 0.722. The lowest BCUT2D eigenvalue weighted by atomic mass is 10.0. The second kappa shape index (κ2) is 6.95. The van der Waals surface area contributed by atoms with Crippen LogP contribution in [0.25, 0.3) is 0 Å². The molecule has 1 saturated heterocycles. The van der Waals surface area contributed by atoms with Gasteiger partial charge < -0.3 is 14.2 Å². The highest BCUT2D eigenvalue weighted by atomic mass is 16.4. The first-order valence-corrected chi connectivity index (χ1v) is 9.02. The average Bonchev–Trinajstić information content (AvgIpc) is 3.14. The predicted octanol–water partition coefficient (Wildman–Crippen LogP) is 2.02. The van der Waals surface area contributed by atoms with Crippen LogP contribution in [0.2, 0.25) is 0 Å². The van der Waals surface area contributed by atoms with Crippen molar-refractivity contribution in [3.05, 3.63) is 17.3 Å². The smallest absolute Gasteiger partial charge is 0.228 e. The lowest BCUT2D eigenvalue weighted by molar-refractivity contribution is -0.136. The van der Waals surface area contributed by atoms with Crippen molar-refractivity contribution in [2.45, 2.75) is 53.0 Å². The predicted molar refractivity (Wildman–Crippen MR) is 89.1 cm³/mol. The highest BCUT2D eigenvalue weighted by Crippen LogP contribution is 2.25. The minimum absolute atomic E-state index is 0.0803. The average molecular weight is 333 g/mol. The van der Waals surface area contributed by atoms with E-state index in [9.17, 15) is 9.59 Å². The number of oxazole rings is 1. The van der Waals surface area contributed by atoms with Crippen molar-refractivity contribution in [2.24, 2.45) is 11.8 Å². The van der Waals surface area contributed by atoms with E-state index in [4.69, 9.17) is 4.42 Å². The summed E-state index contributed by atoms with van der Waals surface area (Å²) in [5.74, 6) is 2.30. The molecule has 2 amide bonds. The molecule has 6 nitrogen and oxygen atoms in total. The Morgan fingerprint density at radius 2 is 2.21 bits per heavy atom. The first-order valence-electron chi connectivity index (χ1n) is 9.02. The number of amides is 2. The van der Waals surface area contributed by atoms with Crippen molar-refractivity contribution in [3.63, 3.8) is 0 Å². The molecule has 1 fully saturated rings. The van der Waals surface area contributed by atoms with E-state index in [1.54, 1.807) is 4.90 Å². The Morgan fingerprint density at radius 1 is 1.42 bits per heavy atom. The van der Waals surface area contributed by atoms with E-state index < -0.39 is 0 Å². The third-order valence-corrected chi connectivity index (χ3v) is 4.96. The van der Waals surface area contributed by atoms with Crippen molar-refractivity contribution in [2.75, 3.05) is 19.6 Å². The van der Waals surface area contributed by atoms with Gasteiger partial charge >= 0.3 is 0 Å². The first-order chi connectivity index (χ1) is 11.5. The van der Waals surface area contributed by atoms with E-state index >= 15 is 0 Å². The molecule has 2 aliphatic rings. The van der Waals surface area contributed by atoms with Crippen LogP contribution in [-0.2, 0) is 29.0 Å². The zero-order valence-electron chi connectivity index (χ0n) is 14.9. The number of hydrogen-bond donors (Lipinski definition) is 0. The van der Waals surface area contributed by atoms with Crippen LogP contribution in [0.5, 0.6) is 0 Å². The molecule has 0 aromatic carbocycles. The van der Waals surface area contributed by atoms with Crippen molar-refractivity contribution in [3.8, 4) is 0 Å². The highest BCUT2D eigenvalue weighted by molar-refractivity contribution is 5.89. The lowest BCUT2D eigenvalue weighted by Gasteiger charge is -2.27. The SMILES string of the molecule is CCN1CC(C(=O)N2CCc3oc(CCC(C)C)nc3C2)CC1=O. The molecule has 132 valence electrons. The molecule has 3 heterocycles. The summed E-state index contributed by atoms with van der Waals surface area (Å²) in [5, 5.41) is 0. The van der Waals surface area contributed by atoms with Gasteiger partial charge in [0.15, 0.2) is 5.89 Å². The van der Waals surface area contributed by atoms with Crippen molar-refractivity contribution in [1.29, 1.82) is 0 Å². The largest absolute Gasteiger partial charge is 0.445 e. The van der Waals surface area contributed by atoms with Crippen LogP contribution >= 0.6 is 0 Å². The van der Waals surface area contributed by atoms with Gasteiger partial charge in [0.05, 0.1) is 12.5 Å². The molecule has 1 unspecified atom stereocenters. The molecule has 0 N–H and O–H groups in total. The Morgan fingerprint density at radius 3 is 2.88 bits per heavy atom. The molecule has 0 aliphatic carbocycles. The van der Waals surface area contributed by atoms with Crippen LogP contribution in [0.4, 0.5) is 0 Å². The van der Waals surface area contributed by atoms with Crippen LogP contribution in [0.3, 0.4) is 0 Å². The van der Waals surface area contributed by atoms with E-state index in [0.29, 0.717) is 44.9 Å². The third-order valence-electron chi connectivity index (χ3n) is 4.96. The fourth-order valence-electron chi connectivity index (χ4n) is 3.46. The summed E-state index contributed by atoms with van der Waals surface area (Å²) in [6.45, 7) is 8.71. The summed E-state index contributed by atoms with van der Waals surface area (Å²) >= 11 is 0. The molecule has 1 atom stereocenters. The fourth-order valence-corrected chi connectivity index (χ4v) is 3.46. The van der Waals surface area contributed by atoms with Crippen LogP contribution in [0.15, 0.2) is 4.42 Å². The maximum Gasteiger partial charge on any atom is 0.228 e. The van der Waals surface area contributed by atoms with Crippen LogP contribution < -0.4 is 0 Å². The van der Waals surface area contributed by atoms with Crippen LogP contribution in [0.1, 0.15) is 51.0 Å². The van der Waals surface area contributed by atoms with Crippen molar-refractivity contribution < 1.29 is 14.0 Å². The van der Waals surface area contributed by atoms with E-state index in [1.165, 1.54) is 0 Å². The van der Waals surface area contributed by atoms with Gasteiger partial charge in [-0.1, -0.05) is 13.8 Å². The van der Waals surface area contributed by atoms with Crippen molar-refractivity contribution >= 4 is 11.8 Å². The molecule has 1 aromatic rings. The van der Waals surface area contributed by atoms with Gasteiger partial charge in [-0.2, -0.15) is 0 Å². The van der Waals surface area contributed by atoms with Crippen LogP contribution in [0, 0.1) is 11.8 Å². The van der Waals surface area contributed by atoms with Gasteiger partial charge in [0.1, 0.15) is 11.5 Å². The minimum Gasteiger partial charge on any atom is -0.445 e. The van der Waals surface area contributed by atoms with Gasteiger partial charge in [0, 0.05) is 38.9 Å². The monoisotopic (exact) mass is 333 g/mol. The molecule has 3 rings (SSSR count). The summed E-state index contributed by atoms with van der Waals surface area (Å²) in [5.41, 5.74) is 0.894. The summed E-state index contributed by atoms with van der Waals surface area (Å²) in [4.78, 5) is 32.8. The Kier molecular flexibility index (Phi) is 4.92. The molecule has 0 bridgehead atoms. The number of aryl methyl sites for hydroxylation is 1. The lowest BCUT2D eigenvalue weighted by Crippen LogP contribution is -2.40. The Hall–Kier alpha value is -1.85. The highest BCUT2D eigenvalue weighted by Gasteiger charge is 2.37. The number of carbonyl (C=O) groups excluding carboxylic acids is 2. The number of carbonyl (C=O) groups is 2. The van der Waals surface area contributed by atoms with Gasteiger partial charge in [-0.15, -0.1) is 0 Å². The number of rotatable bonds is 5. The van der Waals surface area contributed by atoms with Gasteiger partial charge in [0.2, 0.25) is 11.8 Å². The zero-order chi connectivity index (χ0) is 17.3. The second-order valence-corrected chi connectivity index (χ2v) is 7.25. The third kappa shape index (κ3) is 3.47. The van der Waals surface area contributed by atoms with Crippen molar-refractivity contribution in [1.82, 2.24) is 14.8 Å². The van der Waals surface area contributed by atoms with Gasteiger partial charge in [-0.05, 0) is 19.3 Å². The summed E-state index contributed by atoms with van der Waals surface area (Å²) in [6.07, 6.45) is 2.96. The van der Waals surface area contributed by atoms with E-state index in [2.05, 4.69) is 18.8 Å². The Labute approximate surface area is 143 Å². The molecule has 2 aliphatic heterocycles. The zero-order valence-corrected chi connectivity index (χ0v) is 14.9. The number of hydrogen-bond acceptors (Lipinski definition) is 4. The summed E-state index contributed by atoms with van der Waals surface area (Å²) in [7, 11) is 0. The maximum absolute atomic E-state index is 12.7. The Balaban J connectivity index is 1.62. The number of aromatic nitrogens is 1. The van der Waals surface area contributed by atoms with E-state index in [0.717, 1.165) is 30.2 Å². The Bertz CT molecular complexity index is 623. The molecule has 6 heteroatoms. The number of fused-ring (bicyclic) bond motifs is 1. The van der Waals surface area contributed by atoms with Gasteiger partial charge in [-0.25, -0.2) is 4.98 Å². The quantitative estimate of drug-likeness (QED) is 0.827. The summed E-state index contributed by atoms with van der Waals surface area (Å²) < 4.78 is 5.85. The molecular weight excluding hydrogens is 306 g/mol. The van der Waals surface area contributed by atoms with Gasteiger partial charge in [-0.3, -0.25) is 9.59 Å². The molecule has 0 spiro atoms. The maximum atomic E-state index is 12.7. The number of likely N-dealkylation sites (tertiary alicyclic amines) is 1. The molecule has 0 saturated carbocycles. The standard InChI is InChI=1S/C18H27N3O3/c1-4-20-10-13(9-17(20)22)18(23)21-8-7-15-14(11-21)19-16(24-15)6-5-12(2)3/h12-13H,4-11H2,1-3H3. The molecule has 0 radical (unpaired) electrons. The van der Waals surface area contributed by atoms with E-state index in [-0.39, 0.29) is 17.7 Å².